The lowest BCUT2D eigenvalue weighted by Gasteiger charge is -2.36. The SMILES string of the molecule is CCc1ccc(OC[C@@H](O)C[NH+]2[C@H](C)CCC[C@@H]2C)cc1. The number of nitrogens with one attached hydrogen (secondary N) is 1. The van der Waals surface area contributed by atoms with Crippen LogP contribution in [-0.2, 0) is 6.42 Å². The summed E-state index contributed by atoms with van der Waals surface area (Å²) in [5.74, 6) is 0.848. The molecule has 1 unspecified atom stereocenters. The molecule has 1 saturated heterocycles. The first-order chi connectivity index (χ1) is 10.1. The van der Waals surface area contributed by atoms with Crippen LogP contribution in [0.15, 0.2) is 24.3 Å². The molecule has 118 valence electrons. The summed E-state index contributed by atoms with van der Waals surface area (Å²) in [6, 6.07) is 9.44. The van der Waals surface area contributed by atoms with Gasteiger partial charge in [0.25, 0.3) is 0 Å². The average Bonchev–Trinajstić information content (AvgIpc) is 2.49. The van der Waals surface area contributed by atoms with Crippen LogP contribution in [0.25, 0.3) is 0 Å². The number of hydrogen-bond donors (Lipinski definition) is 2. The van der Waals surface area contributed by atoms with Crippen molar-refractivity contribution < 1.29 is 14.7 Å². The second-order valence-corrected chi connectivity index (χ2v) is 6.47. The van der Waals surface area contributed by atoms with Crippen LogP contribution in [0.2, 0.25) is 0 Å². The summed E-state index contributed by atoms with van der Waals surface area (Å²) < 4.78 is 5.72. The summed E-state index contributed by atoms with van der Waals surface area (Å²) in [5.41, 5.74) is 1.31. The third kappa shape index (κ3) is 4.72. The molecule has 3 heteroatoms. The molecule has 1 fully saturated rings. The molecular weight excluding hydrogens is 262 g/mol. The predicted octanol–water partition coefficient (Wildman–Crippen LogP) is 1.83. The van der Waals surface area contributed by atoms with Gasteiger partial charge < -0.3 is 14.7 Å². The highest BCUT2D eigenvalue weighted by atomic mass is 16.5. The first-order valence-corrected chi connectivity index (χ1v) is 8.35. The van der Waals surface area contributed by atoms with Gasteiger partial charge in [-0.2, -0.15) is 0 Å². The molecule has 21 heavy (non-hydrogen) atoms. The van der Waals surface area contributed by atoms with Gasteiger partial charge in [-0.25, -0.2) is 0 Å². The van der Waals surface area contributed by atoms with Gasteiger partial charge in [-0.15, -0.1) is 0 Å². The lowest BCUT2D eigenvalue weighted by Crippen LogP contribution is -3.20. The van der Waals surface area contributed by atoms with E-state index in [1.807, 2.05) is 12.1 Å². The van der Waals surface area contributed by atoms with E-state index in [0.29, 0.717) is 18.7 Å². The van der Waals surface area contributed by atoms with Gasteiger partial charge in [0.2, 0.25) is 0 Å². The smallest absolute Gasteiger partial charge is 0.137 e. The molecule has 1 aromatic rings. The molecular formula is C18H30NO2+. The molecule has 4 atom stereocenters. The third-order valence-corrected chi connectivity index (χ3v) is 4.79. The van der Waals surface area contributed by atoms with E-state index >= 15 is 0 Å². The van der Waals surface area contributed by atoms with Crippen LogP contribution < -0.4 is 9.64 Å². The molecule has 0 amide bonds. The Balaban J connectivity index is 1.79. The topological polar surface area (TPSA) is 33.9 Å². The second kappa shape index (κ2) is 7.81. The van der Waals surface area contributed by atoms with Crippen molar-refractivity contribution in [1.82, 2.24) is 0 Å². The first-order valence-electron chi connectivity index (χ1n) is 8.35. The molecule has 1 aromatic carbocycles. The maximum atomic E-state index is 10.3. The summed E-state index contributed by atoms with van der Waals surface area (Å²) in [4.78, 5) is 1.53. The van der Waals surface area contributed by atoms with Gasteiger partial charge >= 0.3 is 0 Å². The Morgan fingerprint density at radius 1 is 1.19 bits per heavy atom. The van der Waals surface area contributed by atoms with Gasteiger partial charge in [0, 0.05) is 0 Å². The van der Waals surface area contributed by atoms with Crippen molar-refractivity contribution in [3.05, 3.63) is 29.8 Å². The van der Waals surface area contributed by atoms with Crippen LogP contribution in [-0.4, -0.2) is 36.4 Å². The van der Waals surface area contributed by atoms with Crippen LogP contribution in [0.4, 0.5) is 0 Å². The van der Waals surface area contributed by atoms with E-state index in [0.717, 1.165) is 18.7 Å². The van der Waals surface area contributed by atoms with E-state index in [9.17, 15) is 5.11 Å². The highest BCUT2D eigenvalue weighted by Crippen LogP contribution is 2.13. The number of piperidine rings is 1. The Kier molecular flexibility index (Phi) is 6.07. The lowest BCUT2D eigenvalue weighted by atomic mass is 9.97. The number of ether oxygens (including phenoxy) is 1. The number of quaternary nitrogens is 1. The minimum Gasteiger partial charge on any atom is -0.491 e. The van der Waals surface area contributed by atoms with Crippen molar-refractivity contribution in [3.63, 3.8) is 0 Å². The fourth-order valence-corrected chi connectivity index (χ4v) is 3.33. The standard InChI is InChI=1S/C18H29NO2/c1-4-16-8-10-18(11-9-16)21-13-17(20)12-19-14(2)6-5-7-15(19)3/h8-11,14-15,17,20H,4-7,12-13H2,1-3H3/p+1/t14-,15+,17-/m0/s1. The number of aryl methyl sites for hydroxylation is 1. The number of likely N-dealkylation sites (tertiary alicyclic amines) is 1. The van der Waals surface area contributed by atoms with Crippen LogP contribution >= 0.6 is 0 Å². The number of hydrogen-bond acceptors (Lipinski definition) is 2. The van der Waals surface area contributed by atoms with Crippen LogP contribution in [0, 0.1) is 0 Å². The van der Waals surface area contributed by atoms with E-state index < -0.39 is 6.10 Å². The van der Waals surface area contributed by atoms with E-state index in [-0.39, 0.29) is 0 Å². The summed E-state index contributed by atoms with van der Waals surface area (Å²) >= 11 is 0. The maximum Gasteiger partial charge on any atom is 0.137 e. The van der Waals surface area contributed by atoms with Crippen molar-refractivity contribution in [2.75, 3.05) is 13.2 Å². The average molecular weight is 292 g/mol. The molecule has 2 N–H and O–H groups in total. The normalized spacial score (nSPS) is 27.3. The minimum atomic E-state index is -0.395. The maximum absolute atomic E-state index is 10.3. The van der Waals surface area contributed by atoms with Crippen molar-refractivity contribution >= 4 is 0 Å². The summed E-state index contributed by atoms with van der Waals surface area (Å²) in [6.45, 7) is 7.90. The summed E-state index contributed by atoms with van der Waals surface area (Å²) in [6.07, 6.45) is 4.50. The summed E-state index contributed by atoms with van der Waals surface area (Å²) in [7, 11) is 0. The van der Waals surface area contributed by atoms with E-state index in [1.54, 1.807) is 0 Å². The van der Waals surface area contributed by atoms with Crippen molar-refractivity contribution in [2.45, 2.75) is 64.6 Å². The third-order valence-electron chi connectivity index (χ3n) is 4.79. The highest BCUT2D eigenvalue weighted by Gasteiger charge is 2.30. The largest absolute Gasteiger partial charge is 0.491 e. The Hall–Kier alpha value is -1.06. The van der Waals surface area contributed by atoms with E-state index in [1.165, 1.54) is 29.7 Å². The Morgan fingerprint density at radius 2 is 1.81 bits per heavy atom. The molecule has 0 saturated carbocycles. The predicted molar refractivity (Wildman–Crippen MR) is 85.9 cm³/mol. The van der Waals surface area contributed by atoms with Crippen molar-refractivity contribution in [2.24, 2.45) is 0 Å². The molecule has 0 aliphatic carbocycles. The molecule has 1 heterocycles. The second-order valence-electron chi connectivity index (χ2n) is 6.47. The minimum absolute atomic E-state index is 0.383. The summed E-state index contributed by atoms with van der Waals surface area (Å²) in [5, 5.41) is 10.3. The van der Waals surface area contributed by atoms with E-state index in [4.69, 9.17) is 4.74 Å². The highest BCUT2D eigenvalue weighted by molar-refractivity contribution is 5.27. The lowest BCUT2D eigenvalue weighted by molar-refractivity contribution is -0.954. The first kappa shape index (κ1) is 16.3. The van der Waals surface area contributed by atoms with Gasteiger partial charge in [-0.3, -0.25) is 0 Å². The molecule has 1 aliphatic heterocycles. The van der Waals surface area contributed by atoms with Crippen LogP contribution in [0.5, 0.6) is 5.75 Å². The molecule has 1 aliphatic rings. The Labute approximate surface area is 128 Å². The van der Waals surface area contributed by atoms with Crippen LogP contribution in [0.3, 0.4) is 0 Å². The fourth-order valence-electron chi connectivity index (χ4n) is 3.33. The molecule has 0 aromatic heterocycles. The zero-order valence-electron chi connectivity index (χ0n) is 13.6. The monoisotopic (exact) mass is 292 g/mol. The van der Waals surface area contributed by atoms with Crippen molar-refractivity contribution in [1.29, 1.82) is 0 Å². The Bertz CT molecular complexity index is 408. The molecule has 0 bridgehead atoms. The van der Waals surface area contributed by atoms with Crippen LogP contribution in [0.1, 0.15) is 45.6 Å². The molecule has 3 nitrogen and oxygen atoms in total. The molecule has 2 rings (SSSR count). The van der Waals surface area contributed by atoms with E-state index in [2.05, 4.69) is 32.9 Å². The number of aliphatic hydroxyl groups excluding tert-OH is 1. The molecule has 0 spiro atoms. The Morgan fingerprint density at radius 3 is 2.38 bits per heavy atom. The zero-order valence-corrected chi connectivity index (χ0v) is 13.6. The zero-order chi connectivity index (χ0) is 15.2. The quantitative estimate of drug-likeness (QED) is 0.839. The van der Waals surface area contributed by atoms with Gasteiger partial charge in [0.1, 0.15) is 25.0 Å². The van der Waals surface area contributed by atoms with Gasteiger partial charge in [0.15, 0.2) is 0 Å². The fraction of sp³-hybridized carbons (Fsp3) is 0.667. The number of rotatable bonds is 6. The van der Waals surface area contributed by atoms with Gasteiger partial charge in [0.05, 0.1) is 12.1 Å². The van der Waals surface area contributed by atoms with Crippen molar-refractivity contribution in [3.8, 4) is 5.75 Å². The number of benzene rings is 1. The van der Waals surface area contributed by atoms with Gasteiger partial charge in [-0.05, 0) is 57.2 Å². The number of aliphatic hydroxyl groups is 1. The van der Waals surface area contributed by atoms with Gasteiger partial charge in [-0.1, -0.05) is 19.1 Å². The molecule has 0 radical (unpaired) electrons.